The molecule has 0 fully saturated rings. The fraction of sp³-hybridized carbons (Fsp3) is 0.333. The van der Waals surface area contributed by atoms with Gasteiger partial charge >= 0.3 is 6.18 Å². The predicted octanol–water partition coefficient (Wildman–Crippen LogP) is 3.04. The molecular formula is C9H10Cl2F3NO2. The van der Waals surface area contributed by atoms with Gasteiger partial charge in [0.1, 0.15) is 6.04 Å². The minimum atomic E-state index is -4.58. The van der Waals surface area contributed by atoms with Gasteiger partial charge in [0.2, 0.25) is 0 Å². The summed E-state index contributed by atoms with van der Waals surface area (Å²) in [7, 11) is 1.20. The molecule has 0 saturated heterocycles. The highest BCUT2D eigenvalue weighted by atomic mass is 35.5. The second-order valence-electron chi connectivity index (χ2n) is 3.07. The van der Waals surface area contributed by atoms with Crippen LogP contribution in [0, 0.1) is 0 Å². The van der Waals surface area contributed by atoms with E-state index in [4.69, 9.17) is 17.3 Å². The molecule has 1 atom stereocenters. The van der Waals surface area contributed by atoms with Gasteiger partial charge in [-0.15, -0.1) is 12.4 Å². The molecule has 0 aliphatic heterocycles. The average Bonchev–Trinajstić information content (AvgIpc) is 2.19. The van der Waals surface area contributed by atoms with E-state index in [9.17, 15) is 18.3 Å². The Kier molecular flexibility index (Phi) is 5.38. The standard InChI is InChI=1S/C9H9ClF3NO2.ClH/c1-16-6-3-4(2-5(10)7(6)15)8(14)9(11,12)13;/h2-3,8,15H,14H2,1H3;1H/t8-;/m1./s1. The van der Waals surface area contributed by atoms with Crippen molar-refractivity contribution in [2.75, 3.05) is 7.11 Å². The van der Waals surface area contributed by atoms with E-state index in [0.29, 0.717) is 0 Å². The number of ether oxygens (including phenoxy) is 1. The topological polar surface area (TPSA) is 55.5 Å². The highest BCUT2D eigenvalue weighted by Crippen LogP contribution is 2.39. The summed E-state index contributed by atoms with van der Waals surface area (Å²) in [6.45, 7) is 0. The Morgan fingerprint density at radius 1 is 1.41 bits per heavy atom. The predicted molar refractivity (Wildman–Crippen MR) is 59.9 cm³/mol. The van der Waals surface area contributed by atoms with E-state index in [1.165, 1.54) is 7.11 Å². The van der Waals surface area contributed by atoms with E-state index in [-0.39, 0.29) is 28.7 Å². The molecule has 1 aromatic carbocycles. The smallest absolute Gasteiger partial charge is 0.407 e. The molecule has 0 aliphatic carbocycles. The number of rotatable bonds is 2. The summed E-state index contributed by atoms with van der Waals surface area (Å²) >= 11 is 5.54. The Labute approximate surface area is 107 Å². The molecule has 0 aromatic heterocycles. The highest BCUT2D eigenvalue weighted by Gasteiger charge is 2.38. The summed E-state index contributed by atoms with van der Waals surface area (Å²) in [5.41, 5.74) is 4.72. The summed E-state index contributed by atoms with van der Waals surface area (Å²) in [5.74, 6) is -0.565. The maximum atomic E-state index is 12.3. The number of phenolic OH excluding ortho intramolecular Hbond substituents is 1. The number of aromatic hydroxyl groups is 1. The monoisotopic (exact) mass is 291 g/mol. The summed E-state index contributed by atoms with van der Waals surface area (Å²) in [6.07, 6.45) is -4.58. The Hall–Kier alpha value is -0.850. The molecule has 8 heteroatoms. The number of hydrogen-bond acceptors (Lipinski definition) is 3. The van der Waals surface area contributed by atoms with Gasteiger partial charge in [-0.1, -0.05) is 11.6 Å². The molecule has 0 bridgehead atoms. The first kappa shape index (κ1) is 16.1. The molecule has 0 saturated carbocycles. The number of alkyl halides is 3. The zero-order valence-electron chi connectivity index (χ0n) is 8.58. The van der Waals surface area contributed by atoms with Gasteiger partial charge in [-0.3, -0.25) is 0 Å². The van der Waals surface area contributed by atoms with Crippen LogP contribution < -0.4 is 10.5 Å². The van der Waals surface area contributed by atoms with Crippen LogP contribution in [0.25, 0.3) is 0 Å². The van der Waals surface area contributed by atoms with E-state index >= 15 is 0 Å². The zero-order chi connectivity index (χ0) is 12.5. The van der Waals surface area contributed by atoms with Gasteiger partial charge in [0.15, 0.2) is 11.5 Å². The summed E-state index contributed by atoms with van der Waals surface area (Å²) in [4.78, 5) is 0. The van der Waals surface area contributed by atoms with E-state index in [2.05, 4.69) is 4.74 Å². The van der Waals surface area contributed by atoms with Crippen LogP contribution in [-0.4, -0.2) is 18.4 Å². The largest absolute Gasteiger partial charge is 0.503 e. The third-order valence-corrected chi connectivity index (χ3v) is 2.27. The molecule has 0 spiro atoms. The van der Waals surface area contributed by atoms with Gasteiger partial charge < -0.3 is 15.6 Å². The van der Waals surface area contributed by atoms with Gasteiger partial charge in [-0.2, -0.15) is 13.2 Å². The van der Waals surface area contributed by atoms with E-state index in [1.807, 2.05) is 0 Å². The molecule has 3 nitrogen and oxygen atoms in total. The van der Waals surface area contributed by atoms with Gasteiger partial charge in [0.25, 0.3) is 0 Å². The first-order valence-corrected chi connectivity index (χ1v) is 4.54. The fourth-order valence-corrected chi connectivity index (χ4v) is 1.34. The number of phenols is 1. The second-order valence-corrected chi connectivity index (χ2v) is 3.48. The van der Waals surface area contributed by atoms with Crippen LogP contribution in [0.4, 0.5) is 13.2 Å². The van der Waals surface area contributed by atoms with E-state index in [0.717, 1.165) is 12.1 Å². The lowest BCUT2D eigenvalue weighted by Gasteiger charge is -2.17. The zero-order valence-corrected chi connectivity index (χ0v) is 10.2. The quantitative estimate of drug-likeness (QED) is 0.881. The molecule has 0 amide bonds. The number of halogens is 5. The molecule has 1 rings (SSSR count). The van der Waals surface area contributed by atoms with Gasteiger partial charge in [0, 0.05) is 0 Å². The van der Waals surface area contributed by atoms with Gasteiger partial charge in [-0.05, 0) is 17.7 Å². The lowest BCUT2D eigenvalue weighted by molar-refractivity contribution is -0.149. The third kappa shape index (κ3) is 3.55. The Bertz CT molecular complexity index is 399. The Morgan fingerprint density at radius 3 is 2.35 bits per heavy atom. The maximum Gasteiger partial charge on any atom is 0.407 e. The lowest BCUT2D eigenvalue weighted by Crippen LogP contribution is -2.28. The van der Waals surface area contributed by atoms with Crippen LogP contribution in [-0.2, 0) is 0 Å². The lowest BCUT2D eigenvalue weighted by atomic mass is 10.1. The highest BCUT2D eigenvalue weighted by molar-refractivity contribution is 6.32. The van der Waals surface area contributed by atoms with E-state index in [1.54, 1.807) is 0 Å². The van der Waals surface area contributed by atoms with Crippen LogP contribution in [0.5, 0.6) is 11.5 Å². The molecule has 17 heavy (non-hydrogen) atoms. The number of methoxy groups -OCH3 is 1. The van der Waals surface area contributed by atoms with Gasteiger partial charge in [-0.25, -0.2) is 0 Å². The van der Waals surface area contributed by atoms with Crippen molar-refractivity contribution in [3.63, 3.8) is 0 Å². The molecule has 1 aromatic rings. The molecule has 0 unspecified atom stereocenters. The minimum absolute atomic E-state index is 0. The Balaban J connectivity index is 0.00000256. The normalized spacial score (nSPS) is 12.8. The molecule has 0 radical (unpaired) electrons. The van der Waals surface area contributed by atoms with E-state index < -0.39 is 18.0 Å². The number of benzene rings is 1. The van der Waals surface area contributed by atoms with Crippen molar-refractivity contribution >= 4 is 24.0 Å². The van der Waals surface area contributed by atoms with Gasteiger partial charge in [0.05, 0.1) is 12.1 Å². The second kappa shape index (κ2) is 5.66. The van der Waals surface area contributed by atoms with Crippen molar-refractivity contribution in [2.24, 2.45) is 5.73 Å². The van der Waals surface area contributed by atoms with Crippen molar-refractivity contribution in [1.29, 1.82) is 0 Å². The van der Waals surface area contributed by atoms with Crippen molar-refractivity contribution in [2.45, 2.75) is 12.2 Å². The van der Waals surface area contributed by atoms with Crippen LogP contribution >= 0.6 is 24.0 Å². The summed E-state index contributed by atoms with van der Waals surface area (Å²) < 4.78 is 41.7. The maximum absolute atomic E-state index is 12.3. The van der Waals surface area contributed by atoms with Crippen molar-refractivity contribution < 1.29 is 23.0 Å². The Morgan fingerprint density at radius 2 is 1.94 bits per heavy atom. The molecule has 98 valence electrons. The first-order chi connectivity index (χ1) is 7.27. The number of nitrogens with two attached hydrogens (primary N) is 1. The van der Waals surface area contributed by atoms with Crippen molar-refractivity contribution in [3.05, 3.63) is 22.7 Å². The molecule has 0 heterocycles. The van der Waals surface area contributed by atoms with Crippen LogP contribution in [0.1, 0.15) is 11.6 Å². The first-order valence-electron chi connectivity index (χ1n) is 4.16. The SMILES string of the molecule is COc1cc([C@@H](N)C(F)(F)F)cc(Cl)c1O.Cl. The van der Waals surface area contributed by atoms with Crippen LogP contribution in [0.3, 0.4) is 0 Å². The molecule has 3 N–H and O–H groups in total. The minimum Gasteiger partial charge on any atom is -0.503 e. The molecular weight excluding hydrogens is 282 g/mol. The average molecular weight is 292 g/mol. The number of hydrogen-bond donors (Lipinski definition) is 2. The van der Waals surface area contributed by atoms with Crippen molar-refractivity contribution in [3.8, 4) is 11.5 Å². The third-order valence-electron chi connectivity index (χ3n) is 1.98. The summed E-state index contributed by atoms with van der Waals surface area (Å²) in [5, 5.41) is 9.09. The fourth-order valence-electron chi connectivity index (χ4n) is 1.12. The summed E-state index contributed by atoms with van der Waals surface area (Å²) in [6, 6.07) is -0.212. The van der Waals surface area contributed by atoms with Crippen LogP contribution in [0.15, 0.2) is 12.1 Å². The van der Waals surface area contributed by atoms with Crippen LogP contribution in [0.2, 0.25) is 5.02 Å². The van der Waals surface area contributed by atoms with Crippen molar-refractivity contribution in [1.82, 2.24) is 0 Å². The molecule has 0 aliphatic rings.